The van der Waals surface area contributed by atoms with E-state index in [1.807, 2.05) is 18.2 Å². The molecule has 2 aromatic carbocycles. The summed E-state index contributed by atoms with van der Waals surface area (Å²) >= 11 is 0. The number of rotatable bonds is 7. The maximum absolute atomic E-state index is 12.5. The molecule has 2 heterocycles. The van der Waals surface area contributed by atoms with E-state index in [0.717, 1.165) is 0 Å². The van der Waals surface area contributed by atoms with Gasteiger partial charge in [-0.3, -0.25) is 14.5 Å². The number of para-hydroxylation sites is 1. The lowest BCUT2D eigenvalue weighted by molar-refractivity contribution is 0.0479. The number of benzene rings is 2. The van der Waals surface area contributed by atoms with E-state index < -0.39 is 5.97 Å². The van der Waals surface area contributed by atoms with Gasteiger partial charge >= 0.3 is 5.97 Å². The number of amides is 2. The van der Waals surface area contributed by atoms with Crippen LogP contribution in [0.3, 0.4) is 0 Å². The number of fused-ring (bicyclic) bond motifs is 1. The smallest absolute Gasteiger partial charge is 0.343 e. The number of esters is 1. The van der Waals surface area contributed by atoms with Gasteiger partial charge in [-0.15, -0.1) is 0 Å². The van der Waals surface area contributed by atoms with Crippen LogP contribution in [0.4, 0.5) is 0 Å². The summed E-state index contributed by atoms with van der Waals surface area (Å²) in [5.41, 5.74) is 0.997. The van der Waals surface area contributed by atoms with Gasteiger partial charge in [0.25, 0.3) is 11.8 Å². The van der Waals surface area contributed by atoms with E-state index in [2.05, 4.69) is 4.98 Å². The summed E-state index contributed by atoms with van der Waals surface area (Å²) in [6, 6.07) is 18.9. The average molecular weight is 402 g/mol. The Morgan fingerprint density at radius 1 is 0.867 bits per heavy atom. The first-order chi connectivity index (χ1) is 14.6. The Labute approximate surface area is 172 Å². The number of pyridine rings is 1. The summed E-state index contributed by atoms with van der Waals surface area (Å²) in [7, 11) is 0. The molecule has 0 radical (unpaired) electrons. The molecule has 3 aromatic rings. The predicted molar refractivity (Wildman–Crippen MR) is 107 cm³/mol. The van der Waals surface area contributed by atoms with Crippen molar-refractivity contribution in [1.29, 1.82) is 0 Å². The van der Waals surface area contributed by atoms with Gasteiger partial charge in [0.05, 0.1) is 17.7 Å². The summed E-state index contributed by atoms with van der Waals surface area (Å²) in [6.45, 7) is 0.214. The highest BCUT2D eigenvalue weighted by Gasteiger charge is 2.34. The van der Waals surface area contributed by atoms with E-state index in [1.165, 1.54) is 11.1 Å². The number of aromatic nitrogens is 1. The molecule has 0 N–H and O–H groups in total. The predicted octanol–water partition coefficient (Wildman–Crippen LogP) is 3.72. The van der Waals surface area contributed by atoms with Gasteiger partial charge in [-0.25, -0.2) is 9.78 Å². The maximum Gasteiger partial charge on any atom is 0.343 e. The molecule has 1 aromatic heterocycles. The van der Waals surface area contributed by atoms with Crippen molar-refractivity contribution in [2.75, 3.05) is 13.2 Å². The molecule has 2 amide bonds. The number of carbonyl (C=O) groups excluding carboxylic acids is 3. The van der Waals surface area contributed by atoms with Crippen LogP contribution in [0.25, 0.3) is 0 Å². The Morgan fingerprint density at radius 2 is 1.53 bits per heavy atom. The molecule has 0 bridgehead atoms. The zero-order chi connectivity index (χ0) is 20.9. The third-order valence-corrected chi connectivity index (χ3v) is 4.59. The molecular weight excluding hydrogens is 384 g/mol. The number of carbonyl (C=O) groups is 3. The largest absolute Gasteiger partial charge is 0.462 e. The van der Waals surface area contributed by atoms with Gasteiger partial charge in [-0.1, -0.05) is 30.3 Å². The van der Waals surface area contributed by atoms with Crippen molar-refractivity contribution in [2.45, 2.75) is 6.42 Å². The lowest BCUT2D eigenvalue weighted by atomic mass is 10.1. The number of imide groups is 1. The molecule has 4 rings (SSSR count). The van der Waals surface area contributed by atoms with E-state index in [9.17, 15) is 14.4 Å². The highest BCUT2D eigenvalue weighted by molar-refractivity contribution is 6.21. The summed E-state index contributed by atoms with van der Waals surface area (Å²) in [6.07, 6.45) is 1.85. The second-order valence-corrected chi connectivity index (χ2v) is 6.57. The molecule has 0 fully saturated rings. The van der Waals surface area contributed by atoms with Gasteiger partial charge in [0, 0.05) is 12.7 Å². The Morgan fingerprint density at radius 3 is 2.23 bits per heavy atom. The topological polar surface area (TPSA) is 85.8 Å². The number of ether oxygens (including phenoxy) is 2. The first-order valence-electron chi connectivity index (χ1n) is 9.45. The van der Waals surface area contributed by atoms with Crippen LogP contribution >= 0.6 is 0 Å². The van der Waals surface area contributed by atoms with Crippen LogP contribution in [0.15, 0.2) is 72.9 Å². The summed E-state index contributed by atoms with van der Waals surface area (Å²) in [5, 5.41) is 0. The Balaban J connectivity index is 1.33. The number of nitrogens with zero attached hydrogens (tertiary/aromatic N) is 2. The van der Waals surface area contributed by atoms with Gasteiger partial charge in [0.2, 0.25) is 5.88 Å². The average Bonchev–Trinajstić information content (AvgIpc) is 3.02. The van der Waals surface area contributed by atoms with Crippen molar-refractivity contribution in [2.24, 2.45) is 0 Å². The second-order valence-electron chi connectivity index (χ2n) is 6.57. The van der Waals surface area contributed by atoms with Crippen LogP contribution in [0.5, 0.6) is 11.6 Å². The van der Waals surface area contributed by atoms with Crippen LogP contribution < -0.4 is 4.74 Å². The molecule has 0 saturated carbocycles. The minimum Gasteiger partial charge on any atom is -0.462 e. The first kappa shape index (κ1) is 19.3. The zero-order valence-corrected chi connectivity index (χ0v) is 16.0. The lowest BCUT2D eigenvalue weighted by Gasteiger charge is -2.14. The van der Waals surface area contributed by atoms with Crippen molar-refractivity contribution in [3.63, 3.8) is 0 Å². The van der Waals surface area contributed by atoms with Gasteiger partial charge in [-0.2, -0.15) is 0 Å². The van der Waals surface area contributed by atoms with Gasteiger partial charge in [-0.05, 0) is 42.8 Å². The summed E-state index contributed by atoms with van der Waals surface area (Å²) in [4.78, 5) is 42.4. The highest BCUT2D eigenvalue weighted by Crippen LogP contribution is 2.24. The maximum atomic E-state index is 12.5. The van der Waals surface area contributed by atoms with Crippen molar-refractivity contribution >= 4 is 17.8 Å². The van der Waals surface area contributed by atoms with E-state index in [-0.39, 0.29) is 36.4 Å². The molecular formula is C23H18N2O5. The van der Waals surface area contributed by atoms with Crippen molar-refractivity contribution in [3.8, 4) is 11.6 Å². The molecule has 0 unspecified atom stereocenters. The van der Waals surface area contributed by atoms with Crippen LogP contribution in [0.1, 0.15) is 37.5 Å². The summed E-state index contributed by atoms with van der Waals surface area (Å²) in [5.74, 6) is -0.540. The minimum absolute atomic E-state index is 0.0475. The van der Waals surface area contributed by atoms with Crippen LogP contribution in [0.2, 0.25) is 0 Å². The third kappa shape index (κ3) is 3.91. The van der Waals surface area contributed by atoms with Crippen molar-refractivity contribution in [3.05, 3.63) is 89.6 Å². The van der Waals surface area contributed by atoms with Gasteiger partial charge < -0.3 is 9.47 Å². The first-order valence-corrected chi connectivity index (χ1v) is 9.45. The van der Waals surface area contributed by atoms with Crippen molar-refractivity contribution in [1.82, 2.24) is 9.88 Å². The molecule has 0 atom stereocenters. The van der Waals surface area contributed by atoms with E-state index >= 15 is 0 Å². The minimum atomic E-state index is -0.587. The molecule has 7 nitrogen and oxygen atoms in total. The number of hydrogen-bond acceptors (Lipinski definition) is 6. The fourth-order valence-corrected chi connectivity index (χ4v) is 3.14. The molecule has 7 heteroatoms. The SMILES string of the molecule is O=C(OCCCN1C(=O)c2ccccc2C1=O)c1cccnc1Oc1ccccc1. The number of hydrogen-bond donors (Lipinski definition) is 0. The Bertz CT molecular complexity index is 1060. The lowest BCUT2D eigenvalue weighted by Crippen LogP contribution is -2.31. The second kappa shape index (κ2) is 8.57. The Hall–Kier alpha value is -4.00. The fraction of sp³-hybridized carbons (Fsp3) is 0.130. The van der Waals surface area contributed by atoms with E-state index in [1.54, 1.807) is 48.5 Å². The molecule has 150 valence electrons. The molecule has 0 saturated heterocycles. The third-order valence-electron chi connectivity index (χ3n) is 4.59. The van der Waals surface area contributed by atoms with Crippen LogP contribution in [-0.2, 0) is 4.74 Å². The Kier molecular flexibility index (Phi) is 5.52. The normalized spacial score (nSPS) is 12.6. The van der Waals surface area contributed by atoms with Crippen LogP contribution in [-0.4, -0.2) is 40.8 Å². The molecule has 0 spiro atoms. The van der Waals surface area contributed by atoms with Gasteiger partial charge in [0.15, 0.2) is 0 Å². The van der Waals surface area contributed by atoms with Crippen LogP contribution in [0, 0.1) is 0 Å². The monoisotopic (exact) mass is 402 g/mol. The zero-order valence-electron chi connectivity index (χ0n) is 16.0. The summed E-state index contributed by atoms with van der Waals surface area (Å²) < 4.78 is 11.0. The van der Waals surface area contributed by atoms with E-state index in [0.29, 0.717) is 23.3 Å². The molecule has 30 heavy (non-hydrogen) atoms. The van der Waals surface area contributed by atoms with Crippen molar-refractivity contribution < 1.29 is 23.9 Å². The molecule has 1 aliphatic heterocycles. The fourth-order valence-electron chi connectivity index (χ4n) is 3.14. The van der Waals surface area contributed by atoms with Gasteiger partial charge in [0.1, 0.15) is 11.3 Å². The highest BCUT2D eigenvalue weighted by atomic mass is 16.5. The molecule has 1 aliphatic rings. The molecule has 0 aliphatic carbocycles. The van der Waals surface area contributed by atoms with E-state index in [4.69, 9.17) is 9.47 Å². The quantitative estimate of drug-likeness (QED) is 0.340. The standard InChI is InChI=1S/C23H18N2O5/c26-21-17-10-4-5-11-18(17)22(27)25(21)14-7-15-29-23(28)19-12-6-13-24-20(19)30-16-8-2-1-3-9-16/h1-6,8-13H,7,14-15H2.